The molecule has 90 valence electrons. The lowest BCUT2D eigenvalue weighted by Gasteiger charge is -2.19. The van der Waals surface area contributed by atoms with Crippen LogP contribution < -0.4 is 5.32 Å². The van der Waals surface area contributed by atoms with Gasteiger partial charge in [-0.2, -0.15) is 0 Å². The second-order valence-electron chi connectivity index (χ2n) is 4.95. The summed E-state index contributed by atoms with van der Waals surface area (Å²) >= 11 is 0. The van der Waals surface area contributed by atoms with E-state index in [0.29, 0.717) is 0 Å². The van der Waals surface area contributed by atoms with Crippen LogP contribution >= 0.6 is 0 Å². The van der Waals surface area contributed by atoms with Crippen LogP contribution in [0.4, 0.5) is 0 Å². The van der Waals surface area contributed by atoms with Crippen LogP contribution in [0.3, 0.4) is 0 Å². The van der Waals surface area contributed by atoms with Gasteiger partial charge in [0.25, 0.3) is 0 Å². The van der Waals surface area contributed by atoms with Gasteiger partial charge in [0.05, 0.1) is 0 Å². The minimum atomic E-state index is 0.816. The third-order valence-electron chi connectivity index (χ3n) is 3.67. The maximum absolute atomic E-state index is 3.69. The molecule has 1 fully saturated rings. The zero-order chi connectivity index (χ0) is 11.1. The normalized spacial score (nSPS) is 26.4. The average molecular weight is 212 g/mol. The molecule has 1 aliphatic carbocycles. The molecular formula is C13H28N2. The van der Waals surface area contributed by atoms with Crippen LogP contribution in [0.1, 0.15) is 46.5 Å². The van der Waals surface area contributed by atoms with Crippen molar-refractivity contribution in [3.05, 3.63) is 0 Å². The van der Waals surface area contributed by atoms with Gasteiger partial charge in [-0.3, -0.25) is 0 Å². The molecule has 0 spiro atoms. The van der Waals surface area contributed by atoms with Crippen molar-refractivity contribution in [3.63, 3.8) is 0 Å². The summed E-state index contributed by atoms with van der Waals surface area (Å²) in [6.07, 6.45) is 5.51. The number of rotatable bonds is 7. The highest BCUT2D eigenvalue weighted by Crippen LogP contribution is 2.24. The molecule has 0 aromatic rings. The van der Waals surface area contributed by atoms with E-state index in [1.807, 2.05) is 0 Å². The molecule has 0 aliphatic heterocycles. The summed E-state index contributed by atoms with van der Waals surface area (Å²) in [5, 5.41) is 3.69. The number of hydrogen-bond donors (Lipinski definition) is 1. The Balaban J connectivity index is 1.97. The Bertz CT molecular complexity index is 155. The van der Waals surface area contributed by atoms with Crippen molar-refractivity contribution in [2.24, 2.45) is 5.92 Å². The quantitative estimate of drug-likeness (QED) is 0.652. The first-order chi connectivity index (χ1) is 7.26. The lowest BCUT2D eigenvalue weighted by Crippen LogP contribution is -2.31. The summed E-state index contributed by atoms with van der Waals surface area (Å²) in [5.74, 6) is 0.949. The highest BCUT2D eigenvalue weighted by atomic mass is 15.1. The fourth-order valence-corrected chi connectivity index (χ4v) is 2.54. The zero-order valence-corrected chi connectivity index (χ0v) is 10.8. The van der Waals surface area contributed by atoms with Gasteiger partial charge in [0, 0.05) is 6.04 Å². The molecule has 0 radical (unpaired) electrons. The fourth-order valence-electron chi connectivity index (χ4n) is 2.54. The summed E-state index contributed by atoms with van der Waals surface area (Å²) in [6.45, 7) is 11.7. The first kappa shape index (κ1) is 13.0. The van der Waals surface area contributed by atoms with Crippen LogP contribution in [0.5, 0.6) is 0 Å². The predicted molar refractivity (Wildman–Crippen MR) is 67.2 cm³/mol. The van der Waals surface area contributed by atoms with E-state index in [0.717, 1.165) is 12.0 Å². The van der Waals surface area contributed by atoms with Gasteiger partial charge in [-0.15, -0.1) is 0 Å². The summed E-state index contributed by atoms with van der Waals surface area (Å²) in [6, 6.07) is 0.816. The van der Waals surface area contributed by atoms with E-state index >= 15 is 0 Å². The molecule has 2 atom stereocenters. The summed E-state index contributed by atoms with van der Waals surface area (Å²) in [7, 11) is 0. The largest absolute Gasteiger partial charge is 0.314 e. The van der Waals surface area contributed by atoms with Gasteiger partial charge in [0.15, 0.2) is 0 Å². The molecule has 1 N–H and O–H groups in total. The predicted octanol–water partition coefficient (Wildman–Crippen LogP) is 2.50. The Hall–Kier alpha value is -0.0800. The van der Waals surface area contributed by atoms with E-state index in [9.17, 15) is 0 Å². The zero-order valence-electron chi connectivity index (χ0n) is 10.8. The first-order valence-electron chi connectivity index (χ1n) is 6.72. The van der Waals surface area contributed by atoms with E-state index in [1.54, 1.807) is 0 Å². The minimum absolute atomic E-state index is 0.816. The SMILES string of the molecule is CCN(CC)CCCN[C@@H]1CC[C@H](C)C1. The standard InChI is InChI=1S/C13H28N2/c1-4-15(5-2)10-6-9-14-13-8-7-12(3)11-13/h12-14H,4-11H2,1-3H3/t12-,13+/m0/s1. The second-order valence-corrected chi connectivity index (χ2v) is 4.95. The Kier molecular flexibility index (Phi) is 6.26. The Morgan fingerprint density at radius 2 is 1.93 bits per heavy atom. The minimum Gasteiger partial charge on any atom is -0.314 e. The van der Waals surface area contributed by atoms with Crippen molar-refractivity contribution < 1.29 is 0 Å². The highest BCUT2D eigenvalue weighted by Gasteiger charge is 2.19. The molecule has 0 heterocycles. The summed E-state index contributed by atoms with van der Waals surface area (Å²) in [5.41, 5.74) is 0. The van der Waals surface area contributed by atoms with Gasteiger partial charge in [-0.25, -0.2) is 0 Å². The highest BCUT2D eigenvalue weighted by molar-refractivity contribution is 4.78. The molecule has 1 rings (SSSR count). The van der Waals surface area contributed by atoms with Crippen molar-refractivity contribution in [2.75, 3.05) is 26.2 Å². The smallest absolute Gasteiger partial charge is 0.00697 e. The molecule has 0 unspecified atom stereocenters. The average Bonchev–Trinajstić information content (AvgIpc) is 2.65. The molecule has 0 amide bonds. The molecule has 2 nitrogen and oxygen atoms in total. The lowest BCUT2D eigenvalue weighted by atomic mass is 10.1. The fraction of sp³-hybridized carbons (Fsp3) is 1.00. The molecule has 0 aromatic carbocycles. The van der Waals surface area contributed by atoms with Gasteiger partial charge in [-0.05, 0) is 57.8 Å². The van der Waals surface area contributed by atoms with Crippen molar-refractivity contribution in [3.8, 4) is 0 Å². The maximum atomic E-state index is 3.69. The van der Waals surface area contributed by atoms with E-state index in [1.165, 1.54) is 51.9 Å². The summed E-state index contributed by atoms with van der Waals surface area (Å²) < 4.78 is 0. The number of hydrogen-bond acceptors (Lipinski definition) is 2. The number of nitrogens with one attached hydrogen (secondary N) is 1. The number of nitrogens with zero attached hydrogens (tertiary/aromatic N) is 1. The molecule has 0 bridgehead atoms. The van der Waals surface area contributed by atoms with Crippen LogP contribution in [0, 0.1) is 5.92 Å². The first-order valence-corrected chi connectivity index (χ1v) is 6.72. The van der Waals surface area contributed by atoms with Gasteiger partial charge in [0.1, 0.15) is 0 Å². The molecular weight excluding hydrogens is 184 g/mol. The third kappa shape index (κ3) is 4.98. The molecule has 15 heavy (non-hydrogen) atoms. The van der Waals surface area contributed by atoms with Crippen LogP contribution in [-0.2, 0) is 0 Å². The van der Waals surface area contributed by atoms with Crippen molar-refractivity contribution in [2.45, 2.75) is 52.5 Å². The summed E-state index contributed by atoms with van der Waals surface area (Å²) in [4.78, 5) is 2.50. The Morgan fingerprint density at radius 3 is 2.47 bits per heavy atom. The molecule has 0 aromatic heterocycles. The van der Waals surface area contributed by atoms with Crippen LogP contribution in [0.25, 0.3) is 0 Å². The van der Waals surface area contributed by atoms with Crippen LogP contribution in [-0.4, -0.2) is 37.1 Å². The van der Waals surface area contributed by atoms with Gasteiger partial charge in [-0.1, -0.05) is 20.8 Å². The van der Waals surface area contributed by atoms with Gasteiger partial charge < -0.3 is 10.2 Å². The third-order valence-corrected chi connectivity index (χ3v) is 3.67. The van der Waals surface area contributed by atoms with Crippen LogP contribution in [0.2, 0.25) is 0 Å². The second kappa shape index (κ2) is 7.24. The van der Waals surface area contributed by atoms with Crippen molar-refractivity contribution >= 4 is 0 Å². The van der Waals surface area contributed by atoms with E-state index < -0.39 is 0 Å². The van der Waals surface area contributed by atoms with Gasteiger partial charge >= 0.3 is 0 Å². The Morgan fingerprint density at radius 1 is 1.20 bits per heavy atom. The van der Waals surface area contributed by atoms with E-state index in [4.69, 9.17) is 0 Å². The van der Waals surface area contributed by atoms with Crippen LogP contribution in [0.15, 0.2) is 0 Å². The lowest BCUT2D eigenvalue weighted by molar-refractivity contribution is 0.295. The monoisotopic (exact) mass is 212 g/mol. The van der Waals surface area contributed by atoms with Gasteiger partial charge in [0.2, 0.25) is 0 Å². The topological polar surface area (TPSA) is 15.3 Å². The molecule has 0 saturated heterocycles. The van der Waals surface area contributed by atoms with Crippen molar-refractivity contribution in [1.29, 1.82) is 0 Å². The molecule has 1 aliphatic rings. The Labute approximate surface area is 95.4 Å². The van der Waals surface area contributed by atoms with E-state index in [2.05, 4.69) is 31.0 Å². The molecule has 2 heteroatoms. The molecule has 1 saturated carbocycles. The van der Waals surface area contributed by atoms with E-state index in [-0.39, 0.29) is 0 Å². The maximum Gasteiger partial charge on any atom is 0.00697 e. The van der Waals surface area contributed by atoms with Crippen molar-refractivity contribution in [1.82, 2.24) is 10.2 Å².